The highest BCUT2D eigenvalue weighted by Crippen LogP contribution is 2.35. The molecule has 5 rings (SSSR count). The van der Waals surface area contributed by atoms with Crippen molar-refractivity contribution in [2.45, 2.75) is 26.4 Å². The molecule has 0 bridgehead atoms. The van der Waals surface area contributed by atoms with E-state index in [1.54, 1.807) is 0 Å². The van der Waals surface area contributed by atoms with Gasteiger partial charge in [0.2, 0.25) is 0 Å². The fraction of sp³-hybridized carbons (Fsp3) is 0.217. The molecule has 0 atom stereocenters. The average molecular weight is 362 g/mol. The summed E-state index contributed by atoms with van der Waals surface area (Å²) in [5.74, 6) is -1.62. The van der Waals surface area contributed by atoms with Crippen LogP contribution < -0.4 is 0 Å². The van der Waals surface area contributed by atoms with Gasteiger partial charge in [-0.2, -0.15) is 0 Å². The summed E-state index contributed by atoms with van der Waals surface area (Å²) in [6.45, 7) is 4.91. The van der Waals surface area contributed by atoms with Gasteiger partial charge in [0.1, 0.15) is 0 Å². The van der Waals surface area contributed by atoms with Crippen LogP contribution in [0.3, 0.4) is 0 Å². The number of hydrogen-bond acceptors (Lipinski definition) is 1. The summed E-state index contributed by atoms with van der Waals surface area (Å²) in [7, 11) is 0. The second-order valence-electron chi connectivity index (χ2n) is 7.44. The molecule has 0 amide bonds. The van der Waals surface area contributed by atoms with Gasteiger partial charge in [-0.3, -0.25) is 4.90 Å². The van der Waals surface area contributed by atoms with E-state index in [-0.39, 0.29) is 0 Å². The first kappa shape index (κ1) is 16.5. The van der Waals surface area contributed by atoms with Gasteiger partial charge >= 0.3 is 0 Å². The van der Waals surface area contributed by atoms with Crippen molar-refractivity contribution in [2.75, 3.05) is 6.54 Å². The van der Waals surface area contributed by atoms with Gasteiger partial charge in [0, 0.05) is 47.5 Å². The standard InChI is InChI=1S/C23H20F2N2/c1-14-17-7-8-27(12-15-5-3-2-4-6-15)13-16(17)9-19-18-10-20(24)21(25)11-22(18)26-23(14)19/h2-6,9-11,26H,7-8,12-13H2,1H3. The monoisotopic (exact) mass is 362 g/mol. The molecule has 0 saturated carbocycles. The lowest BCUT2D eigenvalue weighted by Gasteiger charge is -2.30. The van der Waals surface area contributed by atoms with E-state index in [1.165, 1.54) is 34.4 Å². The van der Waals surface area contributed by atoms with Gasteiger partial charge in [-0.05, 0) is 47.7 Å². The number of rotatable bonds is 2. The molecule has 3 aromatic carbocycles. The van der Waals surface area contributed by atoms with Crippen LogP contribution in [0.5, 0.6) is 0 Å². The minimum atomic E-state index is -0.814. The average Bonchev–Trinajstić information content (AvgIpc) is 3.01. The number of hydrogen-bond donors (Lipinski definition) is 1. The Kier molecular flexibility index (Phi) is 3.76. The number of H-pyrrole nitrogens is 1. The van der Waals surface area contributed by atoms with Gasteiger partial charge in [-0.15, -0.1) is 0 Å². The molecule has 27 heavy (non-hydrogen) atoms. The molecular weight excluding hydrogens is 342 g/mol. The summed E-state index contributed by atoms with van der Waals surface area (Å²) in [6.07, 6.45) is 0.988. The van der Waals surface area contributed by atoms with E-state index in [1.807, 2.05) is 6.07 Å². The lowest BCUT2D eigenvalue weighted by molar-refractivity contribution is 0.245. The van der Waals surface area contributed by atoms with Crippen molar-refractivity contribution in [3.05, 3.63) is 82.4 Å². The van der Waals surface area contributed by atoms with Crippen molar-refractivity contribution < 1.29 is 8.78 Å². The van der Waals surface area contributed by atoms with Crippen LogP contribution in [0.2, 0.25) is 0 Å². The lowest BCUT2D eigenvalue weighted by atomic mass is 9.92. The molecule has 0 saturated heterocycles. The normalized spacial score (nSPS) is 14.8. The van der Waals surface area contributed by atoms with Crippen LogP contribution in [0, 0.1) is 18.6 Å². The molecule has 0 spiro atoms. The molecular formula is C23H20F2N2. The van der Waals surface area contributed by atoms with E-state index in [9.17, 15) is 8.78 Å². The topological polar surface area (TPSA) is 19.0 Å². The first-order valence-electron chi connectivity index (χ1n) is 9.28. The zero-order chi connectivity index (χ0) is 18.5. The van der Waals surface area contributed by atoms with Crippen molar-refractivity contribution in [3.63, 3.8) is 0 Å². The van der Waals surface area contributed by atoms with E-state index < -0.39 is 11.6 Å². The van der Waals surface area contributed by atoms with Crippen molar-refractivity contribution in [1.29, 1.82) is 0 Å². The Bertz CT molecular complexity index is 1160. The van der Waals surface area contributed by atoms with Gasteiger partial charge in [0.05, 0.1) is 0 Å². The number of nitrogens with zero attached hydrogens (tertiary/aromatic N) is 1. The first-order chi connectivity index (χ1) is 13.1. The number of benzene rings is 3. The van der Waals surface area contributed by atoms with Crippen molar-refractivity contribution >= 4 is 21.8 Å². The fourth-order valence-corrected chi connectivity index (χ4v) is 4.36. The van der Waals surface area contributed by atoms with Gasteiger partial charge in [-0.1, -0.05) is 30.3 Å². The second kappa shape index (κ2) is 6.17. The van der Waals surface area contributed by atoms with Crippen LogP contribution in [-0.4, -0.2) is 16.4 Å². The van der Waals surface area contributed by atoms with Crippen LogP contribution in [0.25, 0.3) is 21.8 Å². The predicted octanol–water partition coefficient (Wildman–Crippen LogP) is 5.47. The van der Waals surface area contributed by atoms with E-state index in [2.05, 4.69) is 47.1 Å². The van der Waals surface area contributed by atoms with Crippen molar-refractivity contribution in [3.8, 4) is 0 Å². The van der Waals surface area contributed by atoms with Crippen LogP contribution in [0.15, 0.2) is 48.5 Å². The van der Waals surface area contributed by atoms with Crippen LogP contribution >= 0.6 is 0 Å². The summed E-state index contributed by atoms with van der Waals surface area (Å²) in [4.78, 5) is 5.74. The summed E-state index contributed by atoms with van der Waals surface area (Å²) in [5.41, 5.74) is 6.79. The van der Waals surface area contributed by atoms with Crippen LogP contribution in [0.4, 0.5) is 8.78 Å². The van der Waals surface area contributed by atoms with Gasteiger partial charge in [0.25, 0.3) is 0 Å². The summed E-state index contributed by atoms with van der Waals surface area (Å²) >= 11 is 0. The summed E-state index contributed by atoms with van der Waals surface area (Å²) in [6, 6.07) is 15.2. The quantitative estimate of drug-likeness (QED) is 0.501. The number of aromatic amines is 1. The minimum Gasteiger partial charge on any atom is -0.354 e. The molecule has 4 heteroatoms. The Balaban J connectivity index is 1.58. The van der Waals surface area contributed by atoms with E-state index in [0.717, 1.165) is 42.3 Å². The number of nitrogens with one attached hydrogen (secondary N) is 1. The van der Waals surface area contributed by atoms with Gasteiger partial charge in [-0.25, -0.2) is 8.78 Å². The molecule has 0 aliphatic carbocycles. The van der Waals surface area contributed by atoms with Crippen molar-refractivity contribution in [2.24, 2.45) is 0 Å². The van der Waals surface area contributed by atoms with E-state index >= 15 is 0 Å². The molecule has 1 N–H and O–H groups in total. The van der Waals surface area contributed by atoms with Gasteiger partial charge in [0.15, 0.2) is 11.6 Å². The van der Waals surface area contributed by atoms with E-state index in [0.29, 0.717) is 5.52 Å². The highest BCUT2D eigenvalue weighted by molar-refractivity contribution is 6.08. The number of halogens is 2. The van der Waals surface area contributed by atoms with Gasteiger partial charge < -0.3 is 4.98 Å². The minimum absolute atomic E-state index is 0.649. The predicted molar refractivity (Wildman–Crippen MR) is 105 cm³/mol. The lowest BCUT2D eigenvalue weighted by Crippen LogP contribution is -2.30. The second-order valence-corrected chi connectivity index (χ2v) is 7.44. The molecule has 0 radical (unpaired) electrons. The third kappa shape index (κ3) is 2.72. The maximum Gasteiger partial charge on any atom is 0.160 e. The third-order valence-corrected chi connectivity index (χ3v) is 5.73. The maximum atomic E-state index is 13.8. The summed E-state index contributed by atoms with van der Waals surface area (Å²) in [5, 5.41) is 1.72. The Hall–Kier alpha value is -2.72. The number of aryl methyl sites for hydroxylation is 1. The Morgan fingerprint density at radius 3 is 2.59 bits per heavy atom. The zero-order valence-electron chi connectivity index (χ0n) is 15.2. The number of aromatic nitrogens is 1. The smallest absolute Gasteiger partial charge is 0.160 e. The first-order valence-corrected chi connectivity index (χ1v) is 9.28. The largest absolute Gasteiger partial charge is 0.354 e. The zero-order valence-corrected chi connectivity index (χ0v) is 15.2. The SMILES string of the molecule is Cc1c2c(cc3c1[nH]c1cc(F)c(F)cc13)CN(Cc1ccccc1)CC2. The Morgan fingerprint density at radius 2 is 1.78 bits per heavy atom. The summed E-state index contributed by atoms with van der Waals surface area (Å²) < 4.78 is 27.4. The third-order valence-electron chi connectivity index (χ3n) is 5.73. The molecule has 0 fully saturated rings. The fourth-order valence-electron chi connectivity index (χ4n) is 4.36. The van der Waals surface area contributed by atoms with Crippen LogP contribution in [0.1, 0.15) is 22.3 Å². The molecule has 2 heterocycles. The van der Waals surface area contributed by atoms with Crippen molar-refractivity contribution in [1.82, 2.24) is 9.88 Å². The van der Waals surface area contributed by atoms with E-state index in [4.69, 9.17) is 0 Å². The maximum absolute atomic E-state index is 13.8. The Morgan fingerprint density at radius 1 is 1.00 bits per heavy atom. The molecule has 136 valence electrons. The molecule has 0 unspecified atom stereocenters. The number of fused-ring (bicyclic) bond motifs is 4. The molecule has 1 aliphatic rings. The molecule has 1 aromatic heterocycles. The molecule has 2 nitrogen and oxygen atoms in total. The Labute approximate surface area is 156 Å². The highest BCUT2D eigenvalue weighted by Gasteiger charge is 2.21. The highest BCUT2D eigenvalue weighted by atomic mass is 19.2. The van der Waals surface area contributed by atoms with Crippen LogP contribution in [-0.2, 0) is 19.5 Å². The molecule has 1 aliphatic heterocycles. The molecule has 4 aromatic rings.